The third-order valence-corrected chi connectivity index (χ3v) is 10.2. The minimum absolute atomic E-state index is 0.0607. The van der Waals surface area contributed by atoms with Gasteiger partial charge < -0.3 is 30.1 Å². The van der Waals surface area contributed by atoms with Crippen LogP contribution in [0.5, 0.6) is 0 Å². The summed E-state index contributed by atoms with van der Waals surface area (Å²) in [5, 5.41) is 15.7. The molecule has 2 aliphatic rings. The van der Waals surface area contributed by atoms with Gasteiger partial charge in [-0.2, -0.15) is 0 Å². The van der Waals surface area contributed by atoms with Gasteiger partial charge in [0, 0.05) is 18.9 Å². The minimum atomic E-state index is -0.993. The summed E-state index contributed by atoms with van der Waals surface area (Å²) in [6, 6.07) is 22.0. The number of hydrogen-bond acceptors (Lipinski definition) is 7. The second-order valence-corrected chi connectivity index (χ2v) is 14.1. The lowest BCUT2D eigenvalue weighted by Crippen LogP contribution is -2.49. The molecule has 0 radical (unpaired) electrons. The molecule has 0 saturated heterocycles. The van der Waals surface area contributed by atoms with Crippen LogP contribution in [-0.2, 0) is 36.8 Å². The summed E-state index contributed by atoms with van der Waals surface area (Å²) in [5.41, 5.74) is 6.51. The summed E-state index contributed by atoms with van der Waals surface area (Å²) in [6.45, 7) is 11.5. The van der Waals surface area contributed by atoms with Crippen molar-refractivity contribution >= 4 is 23.9 Å². The fourth-order valence-electron chi connectivity index (χ4n) is 7.14. The molecule has 3 amide bonds. The molecule has 3 aromatic carbocycles. The predicted octanol–water partition coefficient (Wildman–Crippen LogP) is 6.07. The van der Waals surface area contributed by atoms with Crippen molar-refractivity contribution in [3.63, 3.8) is 0 Å². The van der Waals surface area contributed by atoms with Gasteiger partial charge in [0.05, 0.1) is 24.6 Å². The average Bonchev–Trinajstić information content (AvgIpc) is 3.49. The van der Waals surface area contributed by atoms with Gasteiger partial charge in [0.25, 0.3) is 0 Å². The van der Waals surface area contributed by atoms with E-state index in [2.05, 4.69) is 35.9 Å². The number of hydrogen-bond donors (Lipinski definition) is 3. The Morgan fingerprint density at radius 3 is 2.15 bits per heavy atom. The number of ether oxygens (including phenoxy) is 2. The van der Waals surface area contributed by atoms with E-state index in [0.717, 1.165) is 33.4 Å². The molecule has 0 saturated carbocycles. The molecule has 0 bridgehead atoms. The Morgan fingerprint density at radius 2 is 1.53 bits per heavy atom. The fraction of sp³-hybridized carbons (Fsp3) is 0.395. The monoisotopic (exact) mass is 721 g/mol. The Bertz CT molecular complexity index is 1740. The van der Waals surface area contributed by atoms with E-state index in [1.54, 1.807) is 17.1 Å². The second kappa shape index (κ2) is 18.5. The summed E-state index contributed by atoms with van der Waals surface area (Å²) in [7, 11) is 0. The van der Waals surface area contributed by atoms with Crippen molar-refractivity contribution < 1.29 is 33.8 Å². The highest BCUT2D eigenvalue weighted by atomic mass is 16.6. The number of carbonyl (C=O) groups excluding carboxylic acids is 4. The molecule has 0 unspecified atom stereocenters. The van der Waals surface area contributed by atoms with E-state index >= 15 is 0 Å². The van der Waals surface area contributed by atoms with E-state index in [9.17, 15) is 24.3 Å². The Labute approximate surface area is 312 Å². The first-order valence-corrected chi connectivity index (χ1v) is 18.4. The van der Waals surface area contributed by atoms with Crippen molar-refractivity contribution in [2.75, 3.05) is 19.8 Å². The van der Waals surface area contributed by atoms with Gasteiger partial charge in [0.2, 0.25) is 11.8 Å². The molecule has 3 aromatic rings. The summed E-state index contributed by atoms with van der Waals surface area (Å²) in [6.07, 6.45) is 3.99. The van der Waals surface area contributed by atoms with Gasteiger partial charge in [-0.3, -0.25) is 9.59 Å². The maximum absolute atomic E-state index is 13.6. The van der Waals surface area contributed by atoms with Gasteiger partial charge in [0.1, 0.15) is 19.3 Å². The zero-order valence-electron chi connectivity index (χ0n) is 30.7. The molecule has 0 spiro atoms. The molecular formula is C43H51N3O7. The van der Waals surface area contributed by atoms with Crippen LogP contribution in [0.2, 0.25) is 0 Å². The number of aliphatic hydroxyl groups is 1. The van der Waals surface area contributed by atoms with E-state index < -0.39 is 30.1 Å². The fourth-order valence-corrected chi connectivity index (χ4v) is 7.14. The maximum Gasteiger partial charge on any atom is 0.407 e. The summed E-state index contributed by atoms with van der Waals surface area (Å²) in [5.74, 6) is -2.19. The molecule has 3 N–H and O–H groups in total. The Hall–Kier alpha value is -5.22. The van der Waals surface area contributed by atoms with Gasteiger partial charge in [-0.05, 0) is 65.0 Å². The van der Waals surface area contributed by atoms with Crippen molar-refractivity contribution in [2.45, 2.75) is 76.5 Å². The maximum atomic E-state index is 13.6. The molecule has 0 aromatic heterocycles. The Kier molecular flexibility index (Phi) is 13.6. The van der Waals surface area contributed by atoms with E-state index in [-0.39, 0.29) is 68.8 Å². The minimum Gasteiger partial charge on any atom is -0.462 e. The van der Waals surface area contributed by atoms with E-state index in [1.165, 1.54) is 0 Å². The number of nitrogens with one attached hydrogen (secondary N) is 2. The smallest absolute Gasteiger partial charge is 0.407 e. The number of rotatable bonds is 17. The number of nitrogens with zero attached hydrogens (tertiary/aromatic N) is 1. The van der Waals surface area contributed by atoms with Gasteiger partial charge >= 0.3 is 12.1 Å². The van der Waals surface area contributed by atoms with Crippen LogP contribution < -0.4 is 10.6 Å². The third kappa shape index (κ3) is 9.61. The first-order valence-electron chi connectivity index (χ1n) is 18.4. The van der Waals surface area contributed by atoms with E-state index in [1.807, 2.05) is 74.5 Å². The molecule has 1 aliphatic heterocycles. The van der Waals surface area contributed by atoms with Crippen molar-refractivity contribution in [3.8, 4) is 11.1 Å². The topological polar surface area (TPSA) is 134 Å². The number of fused-ring (bicyclic) bond motifs is 4. The number of allylic oxidation sites excluding steroid dienone is 2. The molecule has 4 atom stereocenters. The Balaban J connectivity index is 1.16. The molecule has 1 aliphatic carbocycles. The Morgan fingerprint density at radius 1 is 0.887 bits per heavy atom. The molecule has 10 heteroatoms. The van der Waals surface area contributed by atoms with Gasteiger partial charge in [-0.25, -0.2) is 9.59 Å². The van der Waals surface area contributed by atoms with Crippen molar-refractivity contribution in [1.29, 1.82) is 0 Å². The van der Waals surface area contributed by atoms with Crippen molar-refractivity contribution in [1.82, 2.24) is 15.5 Å². The van der Waals surface area contributed by atoms with Crippen LogP contribution in [0, 0.1) is 11.8 Å². The van der Waals surface area contributed by atoms with Gasteiger partial charge in [-0.1, -0.05) is 98.8 Å². The van der Waals surface area contributed by atoms with Crippen molar-refractivity contribution in [2.24, 2.45) is 11.8 Å². The average molecular weight is 722 g/mol. The molecule has 0 fully saturated rings. The highest BCUT2D eigenvalue weighted by Gasteiger charge is 2.34. The quantitative estimate of drug-likeness (QED) is 0.114. The SMILES string of the molecule is C=CCC[C@H](NC(=O)OCC1c2ccccc2-c2ccccc21)C(=O)OC[C@@H](NC(=O)[C@H](CC=C)CC(=O)N1Cc2ccccc2C[C@H]1CO)C(C)C. The predicted molar refractivity (Wildman–Crippen MR) is 204 cm³/mol. The van der Waals surface area contributed by atoms with Crippen LogP contribution in [-0.4, -0.2) is 71.8 Å². The number of carbonyl (C=O) groups is 4. The van der Waals surface area contributed by atoms with Crippen molar-refractivity contribution in [3.05, 3.63) is 120 Å². The standard InChI is InChI=1S/C43H51N3O7/c1-5-7-21-38(45-43(51)53-26-37-35-19-12-10-17-33(35)34-18-11-13-20-36(34)37)42(50)52-27-39(28(3)4)44-41(49)30(14-6-2)23-40(48)46-24-31-16-9-8-15-29(31)22-32(46)25-47/h5-6,8-13,15-20,28,30,32,37-39,47H,1-2,7,14,21-27H2,3-4H3,(H,44,49)(H,45,51)/t30-,32+,38+,39-/m1/s1. The third-order valence-electron chi connectivity index (χ3n) is 10.2. The number of esters is 1. The largest absolute Gasteiger partial charge is 0.462 e. The van der Waals surface area contributed by atoms with Crippen LogP contribution in [0.4, 0.5) is 4.79 Å². The van der Waals surface area contributed by atoms with Crippen LogP contribution >= 0.6 is 0 Å². The molecule has 53 heavy (non-hydrogen) atoms. The highest BCUT2D eigenvalue weighted by molar-refractivity contribution is 5.87. The highest BCUT2D eigenvalue weighted by Crippen LogP contribution is 2.44. The first kappa shape index (κ1) is 39.0. The molecular weight excluding hydrogens is 670 g/mol. The lowest BCUT2D eigenvalue weighted by Gasteiger charge is -2.36. The van der Waals surface area contributed by atoms with Crippen LogP contribution in [0.3, 0.4) is 0 Å². The number of benzene rings is 3. The number of alkyl carbamates (subject to hydrolysis) is 1. The summed E-state index contributed by atoms with van der Waals surface area (Å²) < 4.78 is 11.4. The number of aliphatic hydroxyl groups excluding tert-OH is 1. The zero-order chi connectivity index (χ0) is 37.9. The second-order valence-electron chi connectivity index (χ2n) is 14.1. The van der Waals surface area contributed by atoms with Gasteiger partial charge in [0.15, 0.2) is 0 Å². The van der Waals surface area contributed by atoms with Crippen LogP contribution in [0.1, 0.15) is 67.7 Å². The molecule has 5 rings (SSSR count). The molecule has 280 valence electrons. The molecule has 10 nitrogen and oxygen atoms in total. The summed E-state index contributed by atoms with van der Waals surface area (Å²) >= 11 is 0. The summed E-state index contributed by atoms with van der Waals surface area (Å²) in [4.78, 5) is 55.2. The number of amides is 3. The van der Waals surface area contributed by atoms with Crippen LogP contribution in [0.25, 0.3) is 11.1 Å². The lowest BCUT2D eigenvalue weighted by atomic mass is 9.92. The zero-order valence-corrected chi connectivity index (χ0v) is 30.7. The van der Waals surface area contributed by atoms with E-state index in [4.69, 9.17) is 9.47 Å². The first-order chi connectivity index (χ1) is 25.6. The van der Waals surface area contributed by atoms with Crippen LogP contribution in [0.15, 0.2) is 98.1 Å². The van der Waals surface area contributed by atoms with Gasteiger partial charge in [-0.15, -0.1) is 13.2 Å². The normalized spacial score (nSPS) is 16.3. The van der Waals surface area contributed by atoms with E-state index in [0.29, 0.717) is 19.4 Å². The lowest BCUT2D eigenvalue weighted by molar-refractivity contribution is -0.148. The molecule has 1 heterocycles.